The van der Waals surface area contributed by atoms with Gasteiger partial charge in [-0.1, -0.05) is 29.8 Å². The maximum Gasteiger partial charge on any atom is 0.273 e. The molecule has 0 unspecified atom stereocenters. The average molecular weight is 341 g/mol. The number of hydrogen-bond acceptors (Lipinski definition) is 5. The van der Waals surface area contributed by atoms with Crippen LogP contribution < -0.4 is 5.32 Å². The molecule has 132 valence electrons. The lowest BCUT2D eigenvalue weighted by molar-refractivity contribution is 0.0895. The van der Waals surface area contributed by atoms with Gasteiger partial charge in [-0.05, 0) is 38.1 Å². The maximum atomic E-state index is 12.6. The summed E-state index contributed by atoms with van der Waals surface area (Å²) in [5.74, 6) is -0.195. The van der Waals surface area contributed by atoms with Crippen molar-refractivity contribution >= 4 is 5.91 Å². The molecule has 1 aromatic heterocycles. The Kier molecular flexibility index (Phi) is 4.76. The number of ether oxygens (including phenoxy) is 1. The van der Waals surface area contributed by atoms with Crippen molar-refractivity contribution in [1.29, 1.82) is 0 Å². The summed E-state index contributed by atoms with van der Waals surface area (Å²) in [5.41, 5.74) is 1.21. The number of nitrogens with one attached hydrogen (secondary N) is 1. The van der Waals surface area contributed by atoms with E-state index < -0.39 is 0 Å². The predicted molar refractivity (Wildman–Crippen MR) is 92.6 cm³/mol. The van der Waals surface area contributed by atoms with Crippen LogP contribution in [-0.4, -0.2) is 64.2 Å². The highest BCUT2D eigenvalue weighted by Gasteiger charge is 2.35. The molecule has 2 aromatic rings. The number of likely N-dealkylation sites (tertiary alicyclic amines) is 1. The fourth-order valence-electron chi connectivity index (χ4n) is 3.61. The monoisotopic (exact) mass is 341 g/mol. The van der Waals surface area contributed by atoms with Crippen molar-refractivity contribution in [3.63, 3.8) is 0 Å². The Morgan fingerprint density at radius 3 is 2.72 bits per heavy atom. The normalized spacial score (nSPS) is 24.3. The number of hydrogen-bond donors (Lipinski definition) is 1. The van der Waals surface area contributed by atoms with Gasteiger partial charge >= 0.3 is 0 Å². The van der Waals surface area contributed by atoms with E-state index in [1.165, 1.54) is 19.3 Å². The van der Waals surface area contributed by atoms with E-state index in [0.29, 0.717) is 18.9 Å². The van der Waals surface area contributed by atoms with Crippen LogP contribution in [-0.2, 0) is 4.74 Å². The minimum absolute atomic E-state index is 0.00692. The number of para-hydroxylation sites is 1. The van der Waals surface area contributed by atoms with Gasteiger partial charge in [0.15, 0.2) is 5.69 Å². The zero-order valence-corrected chi connectivity index (χ0v) is 14.2. The van der Waals surface area contributed by atoms with Crippen LogP contribution in [0, 0.1) is 0 Å². The van der Waals surface area contributed by atoms with Crippen molar-refractivity contribution in [2.24, 2.45) is 0 Å². The quantitative estimate of drug-likeness (QED) is 0.906. The minimum atomic E-state index is -0.195. The largest absolute Gasteiger partial charge is 0.378 e. The highest BCUT2D eigenvalue weighted by atomic mass is 16.5. The van der Waals surface area contributed by atoms with Gasteiger partial charge in [0.05, 0.1) is 37.2 Å². The standard InChI is InChI=1S/C18H23N5O2/c24-18(15-11-23(21-20-15)14-7-3-1-4-8-14)19-16-12-25-13-17(16)22-9-5-2-6-10-22/h1,3-4,7-8,11,16-17H,2,5-6,9-10,12-13H2,(H,19,24)/t16-,17-/m0/s1. The van der Waals surface area contributed by atoms with Gasteiger partial charge in [0, 0.05) is 0 Å². The summed E-state index contributed by atoms with van der Waals surface area (Å²) < 4.78 is 7.25. The number of benzene rings is 1. The van der Waals surface area contributed by atoms with Crippen molar-refractivity contribution in [3.8, 4) is 5.69 Å². The van der Waals surface area contributed by atoms with Gasteiger partial charge in [-0.3, -0.25) is 9.69 Å². The van der Waals surface area contributed by atoms with Crippen molar-refractivity contribution in [2.75, 3.05) is 26.3 Å². The average Bonchev–Trinajstić information content (AvgIpc) is 3.33. The first-order valence-corrected chi connectivity index (χ1v) is 8.92. The van der Waals surface area contributed by atoms with E-state index in [4.69, 9.17) is 4.74 Å². The first kappa shape index (κ1) is 16.2. The number of amides is 1. The van der Waals surface area contributed by atoms with Crippen molar-refractivity contribution in [2.45, 2.75) is 31.3 Å². The molecule has 0 bridgehead atoms. The molecule has 7 heteroatoms. The van der Waals surface area contributed by atoms with Crippen molar-refractivity contribution in [3.05, 3.63) is 42.2 Å². The molecule has 1 amide bonds. The molecule has 25 heavy (non-hydrogen) atoms. The molecule has 2 aliphatic rings. The second-order valence-corrected chi connectivity index (χ2v) is 6.67. The molecular formula is C18H23N5O2. The fourth-order valence-corrected chi connectivity index (χ4v) is 3.61. The predicted octanol–water partition coefficient (Wildman–Crippen LogP) is 1.25. The lowest BCUT2D eigenvalue weighted by atomic mass is 10.0. The van der Waals surface area contributed by atoms with Crippen LogP contribution in [0.1, 0.15) is 29.8 Å². The molecule has 1 aromatic carbocycles. The Morgan fingerprint density at radius 1 is 1.12 bits per heavy atom. The van der Waals surface area contributed by atoms with E-state index in [1.807, 2.05) is 30.3 Å². The molecule has 0 spiro atoms. The lowest BCUT2D eigenvalue weighted by Gasteiger charge is -2.34. The lowest BCUT2D eigenvalue weighted by Crippen LogP contribution is -2.52. The second kappa shape index (κ2) is 7.33. The Labute approximate surface area is 147 Å². The Bertz CT molecular complexity index is 711. The molecule has 2 saturated heterocycles. The molecular weight excluding hydrogens is 318 g/mol. The number of carbonyl (C=O) groups excluding carboxylic acids is 1. The Hall–Kier alpha value is -2.25. The highest BCUT2D eigenvalue weighted by Crippen LogP contribution is 2.19. The summed E-state index contributed by atoms with van der Waals surface area (Å²) in [6.45, 7) is 3.41. The molecule has 1 N–H and O–H groups in total. The van der Waals surface area contributed by atoms with Crippen LogP contribution in [0.4, 0.5) is 0 Å². The Morgan fingerprint density at radius 2 is 1.92 bits per heavy atom. The molecule has 0 radical (unpaired) electrons. The summed E-state index contributed by atoms with van der Waals surface area (Å²) in [6.07, 6.45) is 5.41. The van der Waals surface area contributed by atoms with E-state index in [1.54, 1.807) is 10.9 Å². The van der Waals surface area contributed by atoms with E-state index in [2.05, 4.69) is 20.5 Å². The van der Waals surface area contributed by atoms with Gasteiger partial charge in [0.1, 0.15) is 0 Å². The van der Waals surface area contributed by atoms with Gasteiger partial charge in [-0.25, -0.2) is 4.68 Å². The SMILES string of the molecule is O=C(N[C@H]1COC[C@@H]1N1CCCCC1)c1cn(-c2ccccc2)nn1. The summed E-state index contributed by atoms with van der Waals surface area (Å²) in [7, 11) is 0. The van der Waals surface area contributed by atoms with Crippen LogP contribution >= 0.6 is 0 Å². The van der Waals surface area contributed by atoms with E-state index in [9.17, 15) is 4.79 Å². The number of rotatable bonds is 4. The molecule has 3 heterocycles. The van der Waals surface area contributed by atoms with Crippen molar-refractivity contribution < 1.29 is 9.53 Å². The number of aromatic nitrogens is 3. The Balaban J connectivity index is 1.42. The van der Waals surface area contributed by atoms with E-state index in [-0.39, 0.29) is 18.0 Å². The summed E-state index contributed by atoms with van der Waals surface area (Å²) >= 11 is 0. The molecule has 0 aliphatic carbocycles. The van der Waals surface area contributed by atoms with Gasteiger partial charge in [0.25, 0.3) is 5.91 Å². The van der Waals surface area contributed by atoms with E-state index in [0.717, 1.165) is 18.8 Å². The summed E-state index contributed by atoms with van der Waals surface area (Å²) in [5, 5.41) is 11.2. The highest BCUT2D eigenvalue weighted by molar-refractivity contribution is 5.92. The number of piperidine rings is 1. The van der Waals surface area contributed by atoms with Gasteiger partial charge in [-0.15, -0.1) is 5.10 Å². The maximum absolute atomic E-state index is 12.6. The van der Waals surface area contributed by atoms with Gasteiger partial charge < -0.3 is 10.1 Å². The van der Waals surface area contributed by atoms with Crippen LogP contribution in [0.25, 0.3) is 5.69 Å². The zero-order chi connectivity index (χ0) is 17.1. The first-order valence-electron chi connectivity index (χ1n) is 8.92. The topological polar surface area (TPSA) is 72.3 Å². The molecule has 0 saturated carbocycles. The third-order valence-electron chi connectivity index (χ3n) is 4.97. The van der Waals surface area contributed by atoms with Crippen LogP contribution in [0.3, 0.4) is 0 Å². The minimum Gasteiger partial charge on any atom is -0.378 e. The van der Waals surface area contributed by atoms with Gasteiger partial charge in [0.2, 0.25) is 0 Å². The molecule has 2 aliphatic heterocycles. The number of carbonyl (C=O) groups is 1. The van der Waals surface area contributed by atoms with Crippen LogP contribution in [0.2, 0.25) is 0 Å². The molecule has 2 fully saturated rings. The summed E-state index contributed by atoms with van der Waals surface area (Å²) in [4.78, 5) is 15.0. The van der Waals surface area contributed by atoms with Crippen LogP contribution in [0.5, 0.6) is 0 Å². The summed E-state index contributed by atoms with van der Waals surface area (Å²) in [6, 6.07) is 9.91. The third kappa shape index (κ3) is 3.57. The molecule has 2 atom stereocenters. The molecule has 4 rings (SSSR count). The number of nitrogens with zero attached hydrogens (tertiary/aromatic N) is 4. The van der Waals surface area contributed by atoms with E-state index >= 15 is 0 Å². The fraction of sp³-hybridized carbons (Fsp3) is 0.500. The zero-order valence-electron chi connectivity index (χ0n) is 14.2. The molecule has 7 nitrogen and oxygen atoms in total. The van der Waals surface area contributed by atoms with Crippen LogP contribution in [0.15, 0.2) is 36.5 Å². The van der Waals surface area contributed by atoms with Crippen molar-refractivity contribution in [1.82, 2.24) is 25.2 Å². The third-order valence-corrected chi connectivity index (χ3v) is 4.97. The first-order chi connectivity index (χ1) is 12.3. The smallest absolute Gasteiger partial charge is 0.273 e. The van der Waals surface area contributed by atoms with Gasteiger partial charge in [-0.2, -0.15) is 0 Å². The second-order valence-electron chi connectivity index (χ2n) is 6.67.